The molecule has 0 saturated carbocycles. The normalized spacial score (nSPS) is 14.7. The van der Waals surface area contributed by atoms with Crippen molar-refractivity contribution in [2.24, 2.45) is 5.14 Å². The van der Waals surface area contributed by atoms with Gasteiger partial charge in [-0.1, -0.05) is 43.3 Å². The van der Waals surface area contributed by atoms with Crippen molar-refractivity contribution in [1.29, 1.82) is 0 Å². The van der Waals surface area contributed by atoms with Crippen LogP contribution in [0.1, 0.15) is 19.8 Å². The molecule has 33 heavy (non-hydrogen) atoms. The molecule has 10 heteroatoms. The Bertz CT molecular complexity index is 1220. The molecule has 4 rings (SSSR count). The predicted octanol–water partition coefficient (Wildman–Crippen LogP) is 2.92. The molecule has 1 amide bonds. The Morgan fingerprint density at radius 1 is 1.09 bits per heavy atom. The monoisotopic (exact) mass is 487 g/mol. The first-order valence-electron chi connectivity index (χ1n) is 11.1. The quantitative estimate of drug-likeness (QED) is 0.490. The lowest BCUT2D eigenvalue weighted by atomic mass is 10.2. The zero-order valence-corrected chi connectivity index (χ0v) is 20.3. The maximum absolute atomic E-state index is 12.9. The first kappa shape index (κ1) is 23.6. The summed E-state index contributed by atoms with van der Waals surface area (Å²) < 4.78 is 25.5. The average Bonchev–Trinajstić information content (AvgIpc) is 3.18. The third-order valence-corrected chi connectivity index (χ3v) is 7.70. The Labute approximate surface area is 198 Å². The number of nitrogens with two attached hydrogens (primary N) is 1. The van der Waals surface area contributed by atoms with Crippen molar-refractivity contribution in [1.82, 2.24) is 14.5 Å². The van der Waals surface area contributed by atoms with E-state index in [-0.39, 0.29) is 10.8 Å². The number of hydrogen-bond donors (Lipinski definition) is 1. The smallest absolute Gasteiger partial charge is 0.238 e. The molecular formula is C23H29N5O3S2. The number of benzene rings is 2. The van der Waals surface area contributed by atoms with Crippen LogP contribution in [0.2, 0.25) is 0 Å². The zero-order chi connectivity index (χ0) is 23.4. The summed E-state index contributed by atoms with van der Waals surface area (Å²) in [7, 11) is -3.80. The molecule has 176 valence electrons. The number of thioether (sulfide) groups is 1. The molecule has 1 aliphatic rings. The van der Waals surface area contributed by atoms with Gasteiger partial charge in [0.25, 0.3) is 0 Å². The number of carbonyl (C=O) groups excluding carboxylic acids is 1. The van der Waals surface area contributed by atoms with E-state index in [9.17, 15) is 13.2 Å². The Balaban J connectivity index is 1.44. The topological polar surface area (TPSA) is 102 Å². The summed E-state index contributed by atoms with van der Waals surface area (Å²) in [5, 5.41) is 6.00. The molecule has 0 bridgehead atoms. The van der Waals surface area contributed by atoms with E-state index < -0.39 is 10.0 Å². The number of sulfonamides is 1. The molecule has 0 aliphatic carbocycles. The number of aryl methyl sites for hydroxylation is 1. The largest absolute Gasteiger partial charge is 0.368 e. The van der Waals surface area contributed by atoms with Crippen molar-refractivity contribution in [2.45, 2.75) is 36.4 Å². The number of imidazole rings is 1. The van der Waals surface area contributed by atoms with Crippen molar-refractivity contribution < 1.29 is 13.2 Å². The Kier molecular flexibility index (Phi) is 7.26. The fourth-order valence-electron chi connectivity index (χ4n) is 3.98. The number of primary sulfonamides is 1. The minimum absolute atomic E-state index is 0.0408. The van der Waals surface area contributed by atoms with Gasteiger partial charge in [-0.25, -0.2) is 18.5 Å². The van der Waals surface area contributed by atoms with Gasteiger partial charge in [0.05, 0.1) is 21.7 Å². The minimum atomic E-state index is -3.80. The summed E-state index contributed by atoms with van der Waals surface area (Å²) in [6.45, 7) is 5.88. The molecule has 0 spiro atoms. The molecule has 2 aromatic carbocycles. The molecule has 0 atom stereocenters. The van der Waals surface area contributed by atoms with E-state index in [1.807, 2.05) is 23.1 Å². The molecule has 1 aromatic heterocycles. The molecule has 1 saturated heterocycles. The third kappa shape index (κ3) is 5.51. The molecule has 3 aromatic rings. The van der Waals surface area contributed by atoms with Gasteiger partial charge in [0.2, 0.25) is 15.9 Å². The minimum Gasteiger partial charge on any atom is -0.368 e. The highest BCUT2D eigenvalue weighted by molar-refractivity contribution is 7.99. The summed E-state index contributed by atoms with van der Waals surface area (Å²) in [6, 6.07) is 15.0. The zero-order valence-electron chi connectivity index (χ0n) is 18.7. The van der Waals surface area contributed by atoms with Gasteiger partial charge in [0, 0.05) is 38.4 Å². The molecule has 2 N–H and O–H groups in total. The van der Waals surface area contributed by atoms with Crippen LogP contribution in [-0.2, 0) is 21.4 Å². The maximum Gasteiger partial charge on any atom is 0.238 e. The van der Waals surface area contributed by atoms with E-state index >= 15 is 0 Å². The van der Waals surface area contributed by atoms with Gasteiger partial charge in [0.15, 0.2) is 5.16 Å². The Morgan fingerprint density at radius 3 is 2.48 bits per heavy atom. The first-order chi connectivity index (χ1) is 15.9. The SMILES string of the molecule is CCCCn1c(SCC(=O)N2CCN(c3ccccc3)CC2)nc2cc(S(N)(=O)=O)ccc21. The van der Waals surface area contributed by atoms with Crippen molar-refractivity contribution in [3.63, 3.8) is 0 Å². The number of carbonyl (C=O) groups is 1. The average molecular weight is 488 g/mol. The van der Waals surface area contributed by atoms with Crippen LogP contribution >= 0.6 is 11.8 Å². The van der Waals surface area contributed by atoms with Crippen molar-refractivity contribution in [3.05, 3.63) is 48.5 Å². The lowest BCUT2D eigenvalue weighted by Crippen LogP contribution is -2.49. The van der Waals surface area contributed by atoms with Gasteiger partial charge in [-0.2, -0.15) is 0 Å². The number of fused-ring (bicyclic) bond motifs is 1. The molecule has 0 radical (unpaired) electrons. The van der Waals surface area contributed by atoms with Gasteiger partial charge in [0.1, 0.15) is 0 Å². The summed E-state index contributed by atoms with van der Waals surface area (Å²) in [5.41, 5.74) is 2.61. The Hall–Kier alpha value is -2.56. The maximum atomic E-state index is 12.9. The molecule has 8 nitrogen and oxygen atoms in total. The predicted molar refractivity (Wildman–Crippen MR) is 132 cm³/mol. The number of unbranched alkanes of at least 4 members (excludes halogenated alkanes) is 1. The van der Waals surface area contributed by atoms with Gasteiger partial charge >= 0.3 is 0 Å². The third-order valence-electron chi connectivity index (χ3n) is 5.83. The Morgan fingerprint density at radius 2 is 1.82 bits per heavy atom. The summed E-state index contributed by atoms with van der Waals surface area (Å²) in [5.74, 6) is 0.384. The van der Waals surface area contributed by atoms with Crippen LogP contribution in [0.3, 0.4) is 0 Å². The highest BCUT2D eigenvalue weighted by Gasteiger charge is 2.22. The number of anilines is 1. The van der Waals surface area contributed by atoms with Crippen molar-refractivity contribution in [2.75, 3.05) is 36.8 Å². The van der Waals surface area contributed by atoms with E-state index in [0.717, 1.165) is 43.1 Å². The van der Waals surface area contributed by atoms with Crippen molar-refractivity contribution in [3.8, 4) is 0 Å². The number of rotatable bonds is 8. The number of aromatic nitrogens is 2. The number of para-hydroxylation sites is 1. The van der Waals surface area contributed by atoms with E-state index in [0.29, 0.717) is 24.4 Å². The van der Waals surface area contributed by atoms with Crippen LogP contribution in [0, 0.1) is 0 Å². The van der Waals surface area contributed by atoms with Crippen LogP contribution in [0.25, 0.3) is 11.0 Å². The standard InChI is InChI=1S/C23H29N5O3S2/c1-2-3-11-28-21-10-9-19(33(24,30)31)16-20(21)25-23(28)32-17-22(29)27-14-12-26(13-15-27)18-7-5-4-6-8-18/h4-10,16H,2-3,11-15,17H2,1H3,(H2,24,30,31). The summed E-state index contributed by atoms with van der Waals surface area (Å²) in [4.78, 5) is 21.8. The van der Waals surface area contributed by atoms with Crippen LogP contribution < -0.4 is 10.0 Å². The van der Waals surface area contributed by atoms with Crippen LogP contribution in [-0.4, -0.2) is 60.7 Å². The number of hydrogen-bond acceptors (Lipinski definition) is 6. The lowest BCUT2D eigenvalue weighted by Gasteiger charge is -2.36. The molecular weight excluding hydrogens is 458 g/mol. The second-order valence-electron chi connectivity index (χ2n) is 8.09. The second-order valence-corrected chi connectivity index (χ2v) is 10.6. The van der Waals surface area contributed by atoms with Gasteiger partial charge in [-0.05, 0) is 36.8 Å². The fraction of sp³-hybridized carbons (Fsp3) is 0.391. The fourth-order valence-corrected chi connectivity index (χ4v) is 5.45. The van der Waals surface area contributed by atoms with E-state index in [1.165, 1.54) is 29.6 Å². The molecule has 2 heterocycles. The van der Waals surface area contributed by atoms with Crippen LogP contribution in [0.5, 0.6) is 0 Å². The van der Waals surface area contributed by atoms with E-state index in [1.54, 1.807) is 6.07 Å². The van der Waals surface area contributed by atoms with Gasteiger partial charge in [-0.3, -0.25) is 4.79 Å². The van der Waals surface area contributed by atoms with Gasteiger partial charge in [-0.15, -0.1) is 0 Å². The van der Waals surface area contributed by atoms with E-state index in [2.05, 4.69) is 33.5 Å². The number of amides is 1. The molecule has 1 aliphatic heterocycles. The lowest BCUT2D eigenvalue weighted by molar-refractivity contribution is -0.128. The highest BCUT2D eigenvalue weighted by Crippen LogP contribution is 2.27. The summed E-state index contributed by atoms with van der Waals surface area (Å²) >= 11 is 1.40. The number of piperazine rings is 1. The summed E-state index contributed by atoms with van der Waals surface area (Å²) in [6.07, 6.45) is 1.98. The van der Waals surface area contributed by atoms with E-state index in [4.69, 9.17) is 5.14 Å². The van der Waals surface area contributed by atoms with Crippen molar-refractivity contribution >= 4 is 44.4 Å². The van der Waals surface area contributed by atoms with Crippen LogP contribution in [0.15, 0.2) is 58.6 Å². The molecule has 0 unspecified atom stereocenters. The highest BCUT2D eigenvalue weighted by atomic mass is 32.2. The second kappa shape index (κ2) is 10.1. The number of nitrogens with zero attached hydrogens (tertiary/aromatic N) is 4. The van der Waals surface area contributed by atoms with Crippen LogP contribution in [0.4, 0.5) is 5.69 Å². The first-order valence-corrected chi connectivity index (χ1v) is 13.6. The van der Waals surface area contributed by atoms with Gasteiger partial charge < -0.3 is 14.4 Å². The molecule has 1 fully saturated rings.